The van der Waals surface area contributed by atoms with Crippen LogP contribution in [0.2, 0.25) is 0 Å². The van der Waals surface area contributed by atoms with E-state index in [-0.39, 0.29) is 5.97 Å². The molecule has 0 atom stereocenters. The molecule has 0 spiro atoms. The fourth-order valence-corrected chi connectivity index (χ4v) is 3.27. The number of hydrogen-bond acceptors (Lipinski definition) is 3. The average Bonchev–Trinajstić information content (AvgIpc) is 2.49. The molecule has 110 valence electrons. The molecule has 2 rings (SSSR count). The summed E-state index contributed by atoms with van der Waals surface area (Å²) in [5.41, 5.74) is 3.25. The van der Waals surface area contributed by atoms with Crippen molar-refractivity contribution in [1.82, 2.24) is 0 Å². The molecule has 0 amide bonds. The van der Waals surface area contributed by atoms with Crippen molar-refractivity contribution in [2.75, 3.05) is 5.51 Å². The number of benzene rings is 2. The molecule has 0 aromatic heterocycles. The van der Waals surface area contributed by atoms with Crippen molar-refractivity contribution < 1.29 is 14.3 Å². The van der Waals surface area contributed by atoms with Crippen molar-refractivity contribution in [3.05, 3.63) is 65.7 Å². The van der Waals surface area contributed by atoms with Gasteiger partial charge in [0.1, 0.15) is 0 Å². The molecule has 0 saturated heterocycles. The van der Waals surface area contributed by atoms with E-state index in [2.05, 4.69) is 12.1 Å². The zero-order valence-electron chi connectivity index (χ0n) is 12.0. The number of hydrogen-bond donors (Lipinski definition) is 0. The van der Waals surface area contributed by atoms with Gasteiger partial charge in [-0.3, -0.25) is 0 Å². The van der Waals surface area contributed by atoms with Gasteiger partial charge in [-0.15, -0.1) is 0 Å². The van der Waals surface area contributed by atoms with Crippen LogP contribution in [0.5, 0.6) is 5.75 Å². The normalized spacial score (nSPS) is 10.3. The Balaban J connectivity index is 1.65. The Morgan fingerprint density at radius 2 is 1.71 bits per heavy atom. The Labute approximate surface area is 131 Å². The first kappa shape index (κ1) is 15.8. The summed E-state index contributed by atoms with van der Waals surface area (Å²) in [7, 11) is 0. The third kappa shape index (κ3) is 6.13. The summed E-state index contributed by atoms with van der Waals surface area (Å²) in [5.74, 6) is 0.306. The van der Waals surface area contributed by atoms with Gasteiger partial charge in [0.25, 0.3) is 0 Å². The van der Waals surface area contributed by atoms with Gasteiger partial charge in [-0.1, -0.05) is 0 Å². The number of carbonyl (C=O) groups is 1. The summed E-state index contributed by atoms with van der Waals surface area (Å²) < 4.78 is 10.7. The van der Waals surface area contributed by atoms with Crippen molar-refractivity contribution in [2.24, 2.45) is 0 Å². The number of esters is 1. The number of carbonyl (C=O) groups excluding carboxylic acids is 1. The second-order valence-corrected chi connectivity index (χ2v) is 6.49. The van der Waals surface area contributed by atoms with E-state index in [1.54, 1.807) is 0 Å². The molecule has 21 heavy (non-hydrogen) atoms. The fraction of sp³-hybridized carbons (Fsp3) is 0.235. The molecule has 0 N–H and O–H groups in total. The summed E-state index contributed by atoms with van der Waals surface area (Å²) in [5, 5.41) is 1.02. The molecule has 0 radical (unpaired) electrons. The van der Waals surface area contributed by atoms with Crippen LogP contribution in [0.3, 0.4) is 0 Å². The van der Waals surface area contributed by atoms with Crippen molar-refractivity contribution in [2.45, 2.75) is 18.8 Å². The molecule has 2 aromatic carbocycles. The third-order valence-corrected chi connectivity index (χ3v) is 4.56. The van der Waals surface area contributed by atoms with Crippen molar-refractivity contribution in [3.63, 3.8) is 0 Å². The molecular weight excluding hydrogens is 331 g/mol. The van der Waals surface area contributed by atoms with Crippen LogP contribution in [0.1, 0.15) is 18.1 Å². The summed E-state index contributed by atoms with van der Waals surface area (Å²) in [6, 6.07) is 17.8. The van der Waals surface area contributed by atoms with E-state index < -0.39 is 0 Å². The van der Waals surface area contributed by atoms with E-state index in [1.165, 1.54) is 18.1 Å². The van der Waals surface area contributed by atoms with Crippen molar-refractivity contribution in [3.8, 4) is 5.75 Å². The zero-order valence-corrected chi connectivity index (χ0v) is 13.7. The maximum atomic E-state index is 10.8. The predicted molar refractivity (Wildman–Crippen MR) is 83.3 cm³/mol. The molecule has 2 aromatic rings. The van der Waals surface area contributed by atoms with Crippen molar-refractivity contribution >= 4 is 20.9 Å². The number of rotatable bonds is 7. The molecule has 0 unspecified atom stereocenters. The molecule has 0 aliphatic rings. The topological polar surface area (TPSA) is 35.5 Å². The minimum atomic E-state index is -0.290. The van der Waals surface area contributed by atoms with E-state index >= 15 is 0 Å². The van der Waals surface area contributed by atoms with Crippen LogP contribution < -0.4 is 4.74 Å². The Morgan fingerprint density at radius 1 is 1.00 bits per heavy atom. The predicted octanol–water partition coefficient (Wildman–Crippen LogP) is 2.99. The Bertz CT molecular complexity index is 552. The first-order chi connectivity index (χ1) is 10.2. The van der Waals surface area contributed by atoms with E-state index in [0.29, 0.717) is 27.3 Å². The summed E-state index contributed by atoms with van der Waals surface area (Å²) >= 11 is 0.414. The van der Waals surface area contributed by atoms with Crippen LogP contribution >= 0.6 is 0 Å². The van der Waals surface area contributed by atoms with Crippen LogP contribution in [0.4, 0.5) is 0 Å². The monoisotopic (exact) mass is 350 g/mol. The van der Waals surface area contributed by atoms with Gasteiger partial charge in [-0.05, 0) is 0 Å². The van der Waals surface area contributed by atoms with E-state index in [1.807, 2.05) is 42.5 Å². The summed E-state index contributed by atoms with van der Waals surface area (Å²) in [4.78, 5) is 10.8. The van der Waals surface area contributed by atoms with Crippen LogP contribution in [-0.2, 0) is 21.5 Å². The SMILES string of the molecule is CC(=O)Oc1ccc(C[Se]COCc2ccccc2)cc1. The van der Waals surface area contributed by atoms with Gasteiger partial charge in [0.15, 0.2) is 0 Å². The first-order valence-corrected chi connectivity index (χ1v) is 9.13. The zero-order chi connectivity index (χ0) is 14.9. The summed E-state index contributed by atoms with van der Waals surface area (Å²) in [6.45, 7) is 2.08. The first-order valence-electron chi connectivity index (χ1n) is 6.71. The van der Waals surface area contributed by atoms with E-state index in [0.717, 1.165) is 10.8 Å². The quantitative estimate of drug-likeness (QED) is 0.334. The van der Waals surface area contributed by atoms with E-state index in [9.17, 15) is 4.79 Å². The minimum absolute atomic E-state index is 0.290. The third-order valence-electron chi connectivity index (χ3n) is 2.73. The molecular formula is C17H18O3Se. The molecule has 0 bridgehead atoms. The summed E-state index contributed by atoms with van der Waals surface area (Å²) in [6.07, 6.45) is 0. The fourth-order valence-electron chi connectivity index (χ4n) is 1.77. The van der Waals surface area contributed by atoms with Gasteiger partial charge < -0.3 is 0 Å². The standard InChI is InChI=1S/C17H18O3Se/c1-14(18)20-17-9-7-16(8-10-17)12-21-13-19-11-15-5-3-2-4-6-15/h2-10H,11-13H2,1H3. The molecule has 3 nitrogen and oxygen atoms in total. The molecule has 0 aliphatic heterocycles. The maximum absolute atomic E-state index is 10.8. The molecule has 0 aliphatic carbocycles. The van der Waals surface area contributed by atoms with Gasteiger partial charge >= 0.3 is 131 Å². The van der Waals surface area contributed by atoms with Crippen LogP contribution in [0.25, 0.3) is 0 Å². The van der Waals surface area contributed by atoms with Crippen molar-refractivity contribution in [1.29, 1.82) is 0 Å². The Kier molecular flexibility index (Phi) is 6.48. The molecule has 0 saturated carbocycles. The van der Waals surface area contributed by atoms with Gasteiger partial charge in [-0.2, -0.15) is 0 Å². The van der Waals surface area contributed by atoms with Gasteiger partial charge in [-0.25, -0.2) is 0 Å². The van der Waals surface area contributed by atoms with Gasteiger partial charge in [0.05, 0.1) is 0 Å². The number of ether oxygens (including phenoxy) is 2. The van der Waals surface area contributed by atoms with E-state index in [4.69, 9.17) is 9.47 Å². The molecule has 4 heteroatoms. The van der Waals surface area contributed by atoms with Crippen LogP contribution in [0.15, 0.2) is 54.6 Å². The van der Waals surface area contributed by atoms with Gasteiger partial charge in [0, 0.05) is 0 Å². The van der Waals surface area contributed by atoms with Crippen LogP contribution in [0, 0.1) is 0 Å². The molecule has 0 heterocycles. The Hall–Kier alpha value is -1.61. The average molecular weight is 349 g/mol. The van der Waals surface area contributed by atoms with Crippen LogP contribution in [-0.4, -0.2) is 26.4 Å². The van der Waals surface area contributed by atoms with Gasteiger partial charge in [0.2, 0.25) is 0 Å². The Morgan fingerprint density at radius 3 is 2.38 bits per heavy atom. The second kappa shape index (κ2) is 8.63. The second-order valence-electron chi connectivity index (χ2n) is 4.54. The molecule has 0 fully saturated rings.